The number of carbonyl (C=O) groups is 14. The highest BCUT2D eigenvalue weighted by Crippen LogP contribution is 2.18. The van der Waals surface area contributed by atoms with E-state index in [-0.39, 0.29) is 160 Å². The summed E-state index contributed by atoms with van der Waals surface area (Å²) in [6.45, 7) is -5.25. The minimum atomic E-state index is -1.77. The molecule has 8 amide bonds. The van der Waals surface area contributed by atoms with Gasteiger partial charge in [-0.15, -0.1) is 10.2 Å². The van der Waals surface area contributed by atoms with Gasteiger partial charge in [0, 0.05) is 115 Å². The van der Waals surface area contributed by atoms with Gasteiger partial charge in [0.15, 0.2) is 33.7 Å². The number of nitro groups is 1. The van der Waals surface area contributed by atoms with E-state index in [0.717, 1.165) is 24.3 Å². The summed E-state index contributed by atoms with van der Waals surface area (Å²) in [5.74, 6) is -17.3. The van der Waals surface area contributed by atoms with Crippen molar-refractivity contribution in [2.45, 2.75) is 102 Å². The summed E-state index contributed by atoms with van der Waals surface area (Å²) in [6.07, 6.45) is 0.466. The molecular formula is C64H82N26O26. The summed E-state index contributed by atoms with van der Waals surface area (Å²) in [7, 11) is 0. The number of aliphatic imine (C=N–C) groups is 3. The van der Waals surface area contributed by atoms with Crippen molar-refractivity contribution in [2.75, 3.05) is 91.6 Å². The number of aromatic nitrogens is 10. The smallest absolute Gasteiger partial charge is 0.390 e. The molecule has 7 rings (SSSR count). The topological polar surface area (TPSA) is 764 Å². The van der Waals surface area contributed by atoms with E-state index in [0.29, 0.717) is 35.5 Å². The molecule has 52 heteroatoms. The van der Waals surface area contributed by atoms with Crippen molar-refractivity contribution in [1.82, 2.24) is 85.3 Å². The first kappa shape index (κ1) is 88.7. The van der Waals surface area contributed by atoms with Gasteiger partial charge in [0.2, 0.25) is 35.4 Å². The molecule has 116 heavy (non-hydrogen) atoms. The maximum atomic E-state index is 14.3. The highest BCUT2D eigenvalue weighted by molar-refractivity contribution is 6.11. The van der Waals surface area contributed by atoms with Crippen LogP contribution in [0.25, 0.3) is 0 Å². The van der Waals surface area contributed by atoms with Crippen LogP contribution in [0.5, 0.6) is 0 Å². The van der Waals surface area contributed by atoms with Crippen LogP contribution in [0.1, 0.15) is 133 Å². The highest BCUT2D eigenvalue weighted by atomic mass is 16.8. The second-order valence-electron chi connectivity index (χ2n) is 25.6. The minimum Gasteiger partial charge on any atom is -0.492 e. The normalized spacial score (nSPS) is 15.7. The van der Waals surface area contributed by atoms with Gasteiger partial charge in [0.05, 0.1) is 43.4 Å². The molecule has 2 unspecified atom stereocenters. The van der Waals surface area contributed by atoms with Crippen LogP contribution in [0.2, 0.25) is 0 Å². The third-order valence-corrected chi connectivity index (χ3v) is 17.3. The van der Waals surface area contributed by atoms with Gasteiger partial charge in [0.25, 0.3) is 23.6 Å². The van der Waals surface area contributed by atoms with Gasteiger partial charge in [-0.2, -0.15) is 30.2 Å². The molecular weight excluding hydrogens is 1550 g/mol. The van der Waals surface area contributed by atoms with Gasteiger partial charge in [-0.05, 0) is 61.2 Å². The van der Waals surface area contributed by atoms with E-state index in [1.807, 2.05) is 0 Å². The fourth-order valence-corrected chi connectivity index (χ4v) is 11.6. The Morgan fingerprint density at radius 1 is 0.440 bits per heavy atom. The van der Waals surface area contributed by atoms with E-state index >= 15 is 0 Å². The van der Waals surface area contributed by atoms with Crippen molar-refractivity contribution in [3.8, 4) is 0 Å². The average molecular weight is 1630 g/mol. The molecule has 2 aliphatic rings. The molecule has 1 fully saturated rings. The summed E-state index contributed by atoms with van der Waals surface area (Å²) in [4.78, 5) is 220. The van der Waals surface area contributed by atoms with Crippen molar-refractivity contribution in [3.63, 3.8) is 0 Å². The number of amidine groups is 1. The van der Waals surface area contributed by atoms with Crippen LogP contribution >= 0.6 is 0 Å². The van der Waals surface area contributed by atoms with Crippen LogP contribution in [-0.4, -0.2) is 336 Å². The number of aliphatic carboxylic acids is 6. The van der Waals surface area contributed by atoms with Crippen molar-refractivity contribution in [2.24, 2.45) is 40.2 Å². The SMILES string of the molecule is O=C(O)CN(CC(=O)O)C(CCC(=O)N1CCCN(C(=O)CCCCCN=C(O)c2cc(=NC(=O)c3cc(=NC(=O)c4cc([N+](=O)[O-])n[nH]4)[nH][nH]3)[nH][nH]2)CCN(C(=O)CCC(C(=O)O)N(CC(=O)O)CC(=O)O)CCCN(C(=O)CCCCCN=C(O)c2cc(=NC(=O)C3=CC(=NC(=O)c4cc(=[N+]([O-])O)[nH][nH]4)N=N3)[nH][nH]2)CC1)C(=O)O. The first-order valence-corrected chi connectivity index (χ1v) is 35.4. The number of amides is 8. The predicted molar refractivity (Wildman–Crippen MR) is 387 cm³/mol. The Balaban J connectivity index is 1.02. The number of aromatic amines is 9. The van der Waals surface area contributed by atoms with Crippen molar-refractivity contribution >= 4 is 107 Å². The highest BCUT2D eigenvalue weighted by Gasteiger charge is 2.34. The number of H-pyrrole nitrogens is 9. The zero-order chi connectivity index (χ0) is 84.7. The predicted octanol–water partition coefficient (Wildman–Crippen LogP) is -2.95. The maximum absolute atomic E-state index is 14.3. The number of hydrogen-bond acceptors (Lipinski definition) is 24. The zero-order valence-electron chi connectivity index (χ0n) is 61.5. The van der Waals surface area contributed by atoms with E-state index < -0.39 is 180 Å². The number of unbranched alkanes of at least 4 members (excludes halogenated alkanes) is 4. The molecule has 52 nitrogen and oxygen atoms in total. The summed E-state index contributed by atoms with van der Waals surface area (Å²) in [5, 5.41) is 144. The Hall–Kier alpha value is -14.5. The van der Waals surface area contributed by atoms with Crippen molar-refractivity contribution in [3.05, 3.63) is 108 Å². The number of carboxylic acid groups (broad SMARTS) is 6. The molecule has 624 valence electrons. The van der Waals surface area contributed by atoms with Crippen molar-refractivity contribution in [1.29, 1.82) is 0 Å². The molecule has 7 heterocycles. The molecule has 0 radical (unpaired) electrons. The largest absolute Gasteiger partial charge is 0.492 e. The molecule has 0 saturated carbocycles. The number of rotatable bonds is 37. The second-order valence-corrected chi connectivity index (χ2v) is 25.6. The third kappa shape index (κ3) is 28.1. The van der Waals surface area contributed by atoms with Gasteiger partial charge in [-0.25, -0.2) is 5.10 Å². The van der Waals surface area contributed by atoms with Gasteiger partial charge >= 0.3 is 47.1 Å². The van der Waals surface area contributed by atoms with Crippen LogP contribution in [0.15, 0.2) is 82.3 Å². The van der Waals surface area contributed by atoms with E-state index in [1.54, 1.807) is 0 Å². The van der Waals surface area contributed by atoms with Crippen LogP contribution in [0.4, 0.5) is 5.82 Å². The van der Waals surface area contributed by atoms with E-state index in [9.17, 15) is 123 Å². The first-order valence-electron chi connectivity index (χ1n) is 35.4. The molecule has 0 spiro atoms. The third-order valence-electron chi connectivity index (χ3n) is 17.3. The average Bonchev–Trinajstić information content (AvgIpc) is 1.65. The molecule has 0 bridgehead atoms. The van der Waals surface area contributed by atoms with Crippen LogP contribution in [-0.2, 0) is 52.7 Å². The van der Waals surface area contributed by atoms with Gasteiger partial charge in [-0.1, -0.05) is 12.8 Å². The first-order chi connectivity index (χ1) is 55.2. The van der Waals surface area contributed by atoms with Crippen LogP contribution in [0, 0.1) is 15.3 Å². The van der Waals surface area contributed by atoms with Gasteiger partial charge in [0.1, 0.15) is 34.9 Å². The molecule has 0 aromatic carbocycles. The second kappa shape index (κ2) is 43.3. The van der Waals surface area contributed by atoms with E-state index in [4.69, 9.17) is 5.21 Å². The molecule has 5 aromatic heterocycles. The quantitative estimate of drug-likeness (QED) is 0.00472. The number of aliphatic hydroxyl groups excluding tert-OH is 2. The van der Waals surface area contributed by atoms with Crippen molar-refractivity contribution < 1.29 is 118 Å². The number of hydrogen-bond donors (Lipinski definition) is 18. The summed E-state index contributed by atoms with van der Waals surface area (Å²) in [6, 6.07) is 1.93. The standard InChI is InChI=1S/C64H82N26O26/c91-49(9-3-1-5-15-65-57(103)35-25-43(77-71-35)67-59(105)37-27-45(79-73-37)69-61(107)39-29-47(81-75-39)89(113)114)83-17-7-19-86(52(94)14-12-42(64(111)112)88(33-55(99)100)34-56(101)102)24-22-84(18-8-20-85(23-21-83)51(93)13-11-41(63(109)110)87(31-53(95)96)32-54(97)98)50(92)10-4-2-6-16-66-58(104)36-26-44(78-72-36)68-60(106)38-28-46(80-74-38)70-62(108)40-30-48(82-76-40)90(115)116/h25-30,41-42,75,81H,1-24,31-34H2,(H,65,103)(H,66,104)(H,76,82)(H,95,96)(H,97,98)(H,99,100)(H,101,102)(H,109,110)(H,111,112)(H,113,114)(H2,67,71,77,105)(H2,68,72,78,106)(H2,70,74,80,108). The number of nitrogens with zero attached hydrogens (tertiary/aromatic N) is 17. The lowest BCUT2D eigenvalue weighted by atomic mass is 10.1. The number of aliphatic hydroxyl groups is 2. The molecule has 1 saturated heterocycles. The van der Waals surface area contributed by atoms with E-state index in [1.165, 1.54) is 31.7 Å². The maximum Gasteiger partial charge on any atom is 0.390 e. The lowest BCUT2D eigenvalue weighted by Gasteiger charge is -2.33. The van der Waals surface area contributed by atoms with Gasteiger partial charge in [-0.3, -0.25) is 118 Å². The lowest BCUT2D eigenvalue weighted by Crippen LogP contribution is -2.48. The number of azo groups is 1. The Morgan fingerprint density at radius 2 is 0.819 bits per heavy atom. The zero-order valence-corrected chi connectivity index (χ0v) is 61.5. The summed E-state index contributed by atoms with van der Waals surface area (Å²) < 4.78 is 0. The fraction of sp³-hybridized carbons (Fsp3) is 0.469. The molecule has 18 N–H and O–H groups in total. The van der Waals surface area contributed by atoms with Crippen LogP contribution < -0.4 is 26.9 Å². The molecule has 2 atom stereocenters. The minimum absolute atomic E-state index is 0.00225. The van der Waals surface area contributed by atoms with Gasteiger partial charge < -0.3 is 81.0 Å². The number of nitrogens with one attached hydrogen (secondary N) is 9. The Bertz CT molecular complexity index is 4900. The molecule has 0 aliphatic carbocycles. The molecule has 5 aromatic rings. The number of carbonyl (C=O) groups excluding carboxylic acids is 8. The Kier molecular flexibility index (Phi) is 33.2. The monoisotopic (exact) mass is 1630 g/mol. The van der Waals surface area contributed by atoms with E-state index in [2.05, 4.69) is 91.2 Å². The lowest BCUT2D eigenvalue weighted by molar-refractivity contribution is -0.389. The fourth-order valence-electron chi connectivity index (χ4n) is 11.6. The Morgan fingerprint density at radius 3 is 1.22 bits per heavy atom. The Labute approximate surface area is 649 Å². The molecule has 2 aliphatic heterocycles. The number of carboxylic acids is 6. The van der Waals surface area contributed by atoms with Crippen LogP contribution in [0.3, 0.4) is 0 Å². The summed E-state index contributed by atoms with van der Waals surface area (Å²) in [5.41, 5.74) is -1.70. The summed E-state index contributed by atoms with van der Waals surface area (Å²) >= 11 is 0.